The van der Waals surface area contributed by atoms with Gasteiger partial charge in [0.2, 0.25) is 0 Å². The highest BCUT2D eigenvalue weighted by atomic mass is 16.5. The molecule has 0 radical (unpaired) electrons. The Bertz CT molecular complexity index is 1250. The van der Waals surface area contributed by atoms with Gasteiger partial charge in [-0.3, -0.25) is 4.79 Å². The normalized spacial score (nSPS) is 55.1. The maximum absolute atomic E-state index is 14.4. The lowest BCUT2D eigenvalue weighted by Crippen LogP contribution is -2.68. The lowest BCUT2D eigenvalue weighted by atomic mass is 9.31. The van der Waals surface area contributed by atoms with Crippen molar-refractivity contribution in [2.45, 2.75) is 125 Å². The summed E-state index contributed by atoms with van der Waals surface area (Å²) in [6.07, 6.45) is 13.4. The van der Waals surface area contributed by atoms with Gasteiger partial charge >= 0.3 is 0 Å². The molecule has 0 unspecified atom stereocenters. The fourth-order valence-electron chi connectivity index (χ4n) is 14.2. The topological polar surface area (TPSA) is 26.3 Å². The largest absolute Gasteiger partial charge is 0.377 e. The molecule has 0 amide bonds. The summed E-state index contributed by atoms with van der Waals surface area (Å²) in [5.41, 5.74) is 2.75. The van der Waals surface area contributed by atoms with Crippen LogP contribution < -0.4 is 0 Å². The number of hydrogen-bond acceptors (Lipinski definition) is 2. The monoisotopic (exact) mass is 542 g/mol. The first-order valence-corrected chi connectivity index (χ1v) is 17.0. The smallest absolute Gasteiger partial charge is 0.145 e. The van der Waals surface area contributed by atoms with E-state index >= 15 is 0 Å². The molecule has 40 heavy (non-hydrogen) atoms. The van der Waals surface area contributed by atoms with Gasteiger partial charge in [-0.05, 0) is 126 Å². The van der Waals surface area contributed by atoms with Gasteiger partial charge in [-0.25, -0.2) is 0 Å². The van der Waals surface area contributed by atoms with E-state index in [0.29, 0.717) is 51.3 Å². The van der Waals surface area contributed by atoms with E-state index in [-0.39, 0.29) is 16.2 Å². The molecule has 1 spiro atoms. The Morgan fingerprint density at radius 1 is 0.775 bits per heavy atom. The van der Waals surface area contributed by atoms with Crippen LogP contribution in [0.15, 0.2) is 30.3 Å². The van der Waals surface area contributed by atoms with Crippen molar-refractivity contribution in [3.8, 4) is 0 Å². The van der Waals surface area contributed by atoms with Gasteiger partial charge < -0.3 is 4.74 Å². The summed E-state index contributed by atoms with van der Waals surface area (Å²) in [5.74, 6) is 3.78. The number of rotatable bonds is 1. The van der Waals surface area contributed by atoms with Gasteiger partial charge in [0.05, 0.1) is 12.7 Å². The van der Waals surface area contributed by atoms with Crippen molar-refractivity contribution in [1.82, 2.24) is 0 Å². The SMILES string of the molecule is CC1(C)CC[C@]23CC[C@]4(C)[C@@H](CC[C@@H]5[C@@]6(C)C[C@@]7(C[C@@H]7c7ccccc7)C(=O)C(C)(C)[C@H]6CC[C@]54C)[C@@H]2[C@H]1OC3. The Labute approximate surface area is 243 Å². The maximum atomic E-state index is 14.4. The predicted molar refractivity (Wildman–Crippen MR) is 161 cm³/mol. The van der Waals surface area contributed by atoms with Gasteiger partial charge in [-0.2, -0.15) is 0 Å². The third kappa shape index (κ3) is 2.90. The molecule has 1 aromatic carbocycles. The van der Waals surface area contributed by atoms with Crippen LogP contribution in [0.4, 0.5) is 0 Å². The molecule has 1 saturated heterocycles. The standard InChI is InChI=1S/C38H54O2/c1-32(2)17-19-37-20-18-35(6)25(29(37)30(32)40-23-37)13-14-28-34(5)22-38(21-26(38)24-11-9-8-10-12-24)31(39)33(3,4)27(34)15-16-36(28,35)7/h8-12,25-30H,13-23H2,1-7H3/t25-,26+,27+,28+,29+,30+,34-,35+,36+,37+,38+/m0/s1. The summed E-state index contributed by atoms with van der Waals surface area (Å²) in [6.45, 7) is 18.9. The summed E-state index contributed by atoms with van der Waals surface area (Å²) in [4.78, 5) is 14.4. The number of carbonyl (C=O) groups excluding carboxylic acids is 1. The predicted octanol–water partition coefficient (Wildman–Crippen LogP) is 9.23. The summed E-state index contributed by atoms with van der Waals surface area (Å²) < 4.78 is 6.79. The fourth-order valence-corrected chi connectivity index (χ4v) is 14.2. The van der Waals surface area contributed by atoms with Crippen LogP contribution in [-0.4, -0.2) is 18.5 Å². The zero-order valence-corrected chi connectivity index (χ0v) is 26.4. The molecule has 0 N–H and O–H groups in total. The van der Waals surface area contributed by atoms with E-state index < -0.39 is 0 Å². The van der Waals surface area contributed by atoms with E-state index in [1.54, 1.807) is 0 Å². The molecule has 7 aliphatic rings. The van der Waals surface area contributed by atoms with Crippen LogP contribution in [0.3, 0.4) is 0 Å². The molecule has 0 aromatic heterocycles. The van der Waals surface area contributed by atoms with Gasteiger partial charge in [0, 0.05) is 10.8 Å². The van der Waals surface area contributed by atoms with Crippen LogP contribution in [0, 0.1) is 61.6 Å². The average molecular weight is 543 g/mol. The molecule has 2 heteroatoms. The summed E-state index contributed by atoms with van der Waals surface area (Å²) in [6, 6.07) is 11.0. The Balaban J connectivity index is 1.18. The molecular formula is C38H54O2. The number of Topliss-reactive ketones (excluding diaryl/α,β-unsaturated/α-hetero) is 1. The van der Waals surface area contributed by atoms with Gasteiger partial charge in [-0.1, -0.05) is 78.8 Å². The Morgan fingerprint density at radius 3 is 2.25 bits per heavy atom. The zero-order chi connectivity index (χ0) is 28.1. The van der Waals surface area contributed by atoms with Crippen LogP contribution in [0.2, 0.25) is 0 Å². The van der Waals surface area contributed by atoms with Crippen LogP contribution in [0.1, 0.15) is 124 Å². The summed E-state index contributed by atoms with van der Waals surface area (Å²) in [7, 11) is 0. The number of ketones is 1. The van der Waals surface area contributed by atoms with E-state index in [1.165, 1.54) is 56.9 Å². The van der Waals surface area contributed by atoms with Crippen molar-refractivity contribution in [3.05, 3.63) is 35.9 Å². The molecule has 2 nitrogen and oxygen atoms in total. The van der Waals surface area contributed by atoms with Crippen LogP contribution >= 0.6 is 0 Å². The first-order valence-electron chi connectivity index (χ1n) is 17.0. The van der Waals surface area contributed by atoms with Crippen molar-refractivity contribution in [3.63, 3.8) is 0 Å². The van der Waals surface area contributed by atoms with Crippen molar-refractivity contribution in [2.75, 3.05) is 6.61 Å². The van der Waals surface area contributed by atoms with Crippen molar-refractivity contribution < 1.29 is 9.53 Å². The van der Waals surface area contributed by atoms with E-state index in [4.69, 9.17) is 4.74 Å². The number of benzene rings is 1. The quantitative estimate of drug-likeness (QED) is 0.353. The second-order valence-electron chi connectivity index (χ2n) is 18.3. The average Bonchev–Trinajstić information content (AvgIpc) is 3.51. The molecular weight excluding hydrogens is 488 g/mol. The number of ether oxygens (including phenoxy) is 1. The third-order valence-electron chi connectivity index (χ3n) is 16.3. The number of hydrogen-bond donors (Lipinski definition) is 0. The minimum absolute atomic E-state index is 0.136. The first kappa shape index (κ1) is 26.5. The number of fused-ring (bicyclic) bond motifs is 5. The molecule has 1 aromatic rings. The minimum atomic E-state index is -0.230. The molecule has 7 fully saturated rings. The van der Waals surface area contributed by atoms with Crippen LogP contribution in [0.25, 0.3) is 0 Å². The minimum Gasteiger partial charge on any atom is -0.377 e. The summed E-state index contributed by atoms with van der Waals surface area (Å²) in [5, 5.41) is 0. The lowest BCUT2D eigenvalue weighted by molar-refractivity contribution is -0.244. The Kier molecular flexibility index (Phi) is 5.08. The highest BCUT2D eigenvalue weighted by Gasteiger charge is 2.77. The van der Waals surface area contributed by atoms with Crippen LogP contribution in [0.5, 0.6) is 0 Å². The molecule has 1 heterocycles. The zero-order valence-electron chi connectivity index (χ0n) is 26.4. The van der Waals surface area contributed by atoms with E-state index in [1.807, 2.05) is 0 Å². The lowest BCUT2D eigenvalue weighted by Gasteiger charge is -2.73. The van der Waals surface area contributed by atoms with E-state index in [9.17, 15) is 4.79 Å². The number of carbonyl (C=O) groups is 1. The van der Waals surface area contributed by atoms with Crippen LogP contribution in [-0.2, 0) is 9.53 Å². The first-order chi connectivity index (χ1) is 18.8. The maximum Gasteiger partial charge on any atom is 0.145 e. The van der Waals surface area contributed by atoms with E-state index in [2.05, 4.69) is 78.8 Å². The molecule has 218 valence electrons. The molecule has 1 aliphatic heterocycles. The molecule has 6 saturated carbocycles. The molecule has 11 atom stereocenters. The summed E-state index contributed by atoms with van der Waals surface area (Å²) >= 11 is 0. The molecule has 2 bridgehead atoms. The third-order valence-corrected chi connectivity index (χ3v) is 16.3. The van der Waals surface area contributed by atoms with Crippen molar-refractivity contribution in [1.29, 1.82) is 0 Å². The van der Waals surface area contributed by atoms with Gasteiger partial charge in [-0.15, -0.1) is 0 Å². The van der Waals surface area contributed by atoms with Crippen molar-refractivity contribution in [2.24, 2.45) is 61.6 Å². The van der Waals surface area contributed by atoms with Gasteiger partial charge in [0.15, 0.2) is 0 Å². The Hall–Kier alpha value is -1.15. The molecule has 6 aliphatic carbocycles. The van der Waals surface area contributed by atoms with Gasteiger partial charge in [0.1, 0.15) is 5.78 Å². The van der Waals surface area contributed by atoms with E-state index in [0.717, 1.165) is 31.3 Å². The molecule has 8 rings (SSSR count). The van der Waals surface area contributed by atoms with Crippen molar-refractivity contribution >= 4 is 5.78 Å². The van der Waals surface area contributed by atoms with Gasteiger partial charge in [0.25, 0.3) is 0 Å². The fraction of sp³-hybridized carbons (Fsp3) is 0.816. The second kappa shape index (κ2) is 7.67. The second-order valence-corrected chi connectivity index (χ2v) is 18.3. The Morgan fingerprint density at radius 2 is 1.50 bits per heavy atom. The highest BCUT2D eigenvalue weighted by Crippen LogP contribution is 2.81. The highest BCUT2D eigenvalue weighted by molar-refractivity contribution is 5.95.